The van der Waals surface area contributed by atoms with Gasteiger partial charge in [0.15, 0.2) is 5.96 Å². The molecule has 0 fully saturated rings. The first kappa shape index (κ1) is 44.5. The Labute approximate surface area is 286 Å². The van der Waals surface area contributed by atoms with Gasteiger partial charge in [-0.25, -0.2) is 4.79 Å². The normalized spacial score (nSPS) is 14.8. The zero-order valence-corrected chi connectivity index (χ0v) is 29.4. The average Bonchev–Trinajstić information content (AvgIpc) is 3.00. The Hall–Kier alpha value is -4.52. The fourth-order valence-corrected chi connectivity index (χ4v) is 4.33. The van der Waals surface area contributed by atoms with Crippen LogP contribution in [0.1, 0.15) is 67.7 Å². The van der Waals surface area contributed by atoms with E-state index in [2.05, 4.69) is 36.9 Å². The van der Waals surface area contributed by atoms with Crippen molar-refractivity contribution in [2.45, 2.75) is 104 Å². The van der Waals surface area contributed by atoms with E-state index in [1.807, 2.05) is 0 Å². The van der Waals surface area contributed by atoms with Crippen molar-refractivity contribution in [1.82, 2.24) is 31.9 Å². The number of carbonyl (C=O) groups is 7. The van der Waals surface area contributed by atoms with Gasteiger partial charge in [0, 0.05) is 6.54 Å². The predicted molar refractivity (Wildman–Crippen MR) is 180 cm³/mol. The van der Waals surface area contributed by atoms with Crippen molar-refractivity contribution in [3.63, 3.8) is 0 Å². The first-order valence-corrected chi connectivity index (χ1v) is 16.1. The van der Waals surface area contributed by atoms with Gasteiger partial charge in [-0.2, -0.15) is 0 Å². The maximum atomic E-state index is 13.1. The highest BCUT2D eigenvalue weighted by atomic mass is 16.4. The van der Waals surface area contributed by atoms with Gasteiger partial charge < -0.3 is 59.3 Å². The second-order valence-corrected chi connectivity index (χ2v) is 12.8. The Bertz CT molecular complexity index is 1170. The van der Waals surface area contributed by atoms with Crippen LogP contribution in [0.2, 0.25) is 0 Å². The number of carbonyl (C=O) groups excluding carboxylic acids is 6. The molecule has 0 aromatic heterocycles. The zero-order valence-electron chi connectivity index (χ0n) is 29.4. The lowest BCUT2D eigenvalue weighted by Gasteiger charge is -2.28. The lowest BCUT2D eigenvalue weighted by Crippen LogP contribution is -2.60. The first-order chi connectivity index (χ1) is 22.7. The maximum Gasteiger partial charge on any atom is 0.326 e. The van der Waals surface area contributed by atoms with E-state index in [0.717, 1.165) is 0 Å². The summed E-state index contributed by atoms with van der Waals surface area (Å²) in [6.07, 6.45) is 0.490. The number of aliphatic hydroxyl groups is 1. The van der Waals surface area contributed by atoms with E-state index in [1.54, 1.807) is 41.5 Å². The Morgan fingerprint density at radius 1 is 0.694 bits per heavy atom. The highest BCUT2D eigenvalue weighted by Crippen LogP contribution is 2.09. The van der Waals surface area contributed by atoms with Gasteiger partial charge in [0.25, 0.3) is 0 Å². The van der Waals surface area contributed by atoms with Crippen LogP contribution in [0.5, 0.6) is 0 Å². The van der Waals surface area contributed by atoms with E-state index in [9.17, 15) is 38.7 Å². The molecule has 0 bridgehead atoms. The lowest BCUT2D eigenvalue weighted by atomic mass is 9.99. The number of guanidine groups is 1. The topological polar surface area (TPSA) is 323 Å². The number of aliphatic imine (C=N–C) groups is 1. The number of nitrogens with zero attached hydrogens (tertiary/aromatic N) is 1. The number of aliphatic hydroxyl groups excluding tert-OH is 1. The smallest absolute Gasteiger partial charge is 0.326 e. The monoisotopic (exact) mass is 700 g/mol. The number of rotatable bonds is 22. The molecule has 0 aromatic rings. The van der Waals surface area contributed by atoms with Gasteiger partial charge in [-0.05, 0) is 43.9 Å². The van der Waals surface area contributed by atoms with Crippen LogP contribution < -0.4 is 49.1 Å². The summed E-state index contributed by atoms with van der Waals surface area (Å²) in [5.41, 5.74) is 16.1. The Morgan fingerprint density at radius 2 is 1.22 bits per heavy atom. The Morgan fingerprint density at radius 3 is 1.69 bits per heavy atom. The summed E-state index contributed by atoms with van der Waals surface area (Å²) in [6.45, 7) is 10.6. The highest BCUT2D eigenvalue weighted by Gasteiger charge is 2.33. The molecular formula is C30H56N10O9. The fraction of sp³-hybridized carbons (Fsp3) is 0.733. The molecule has 49 heavy (non-hydrogen) atoms. The van der Waals surface area contributed by atoms with Crippen LogP contribution in [0.15, 0.2) is 4.99 Å². The zero-order chi connectivity index (χ0) is 38.0. The predicted octanol–water partition coefficient (Wildman–Crippen LogP) is -3.64. The SMILES string of the molecule is CC(C)C[C@H](NC(=O)CNC(=O)[C@H](C)NC(=O)[C@@H](NC(=O)[C@@H](NC(=O)[C@@H](N)CO)C(C)C)C(C)C)C(=O)N[C@@H](CCCN=C(N)N)C(=O)O. The standard InChI is InChI=1S/C30H56N10O9/c1-14(2)11-20(26(45)38-19(29(48)49)9-8-10-34-30(32)33)37-21(42)12-35-24(43)17(7)36-27(46)22(15(3)4)40-28(47)23(16(5)6)39-25(44)18(31)13-41/h14-20,22-23,41H,8-13,31H2,1-7H3,(H,35,43)(H,36,46)(H,37,42)(H,38,45)(H,39,44)(H,40,47)(H,48,49)(H4,32,33,34)/t17-,18-,19-,20-,22-,23-/m0/s1. The number of hydrogen-bond acceptors (Lipinski definition) is 10. The van der Waals surface area contributed by atoms with Crippen LogP contribution in [0.4, 0.5) is 0 Å². The third kappa shape index (κ3) is 17.4. The van der Waals surface area contributed by atoms with E-state index in [0.29, 0.717) is 0 Å². The van der Waals surface area contributed by atoms with E-state index in [4.69, 9.17) is 22.3 Å². The molecule has 0 aliphatic heterocycles. The van der Waals surface area contributed by atoms with Crippen LogP contribution >= 0.6 is 0 Å². The summed E-state index contributed by atoms with van der Waals surface area (Å²) in [5, 5.41) is 33.5. The fourth-order valence-electron chi connectivity index (χ4n) is 4.33. The largest absolute Gasteiger partial charge is 0.480 e. The molecular weight excluding hydrogens is 644 g/mol. The number of amides is 6. The van der Waals surface area contributed by atoms with E-state index >= 15 is 0 Å². The lowest BCUT2D eigenvalue weighted by molar-refractivity contribution is -0.142. The third-order valence-corrected chi connectivity index (χ3v) is 7.12. The number of carboxylic acid groups (broad SMARTS) is 1. The minimum Gasteiger partial charge on any atom is -0.480 e. The van der Waals surface area contributed by atoms with Gasteiger partial charge in [0.1, 0.15) is 36.3 Å². The van der Waals surface area contributed by atoms with Crippen LogP contribution in [-0.4, -0.2) is 114 Å². The van der Waals surface area contributed by atoms with Gasteiger partial charge in [-0.1, -0.05) is 41.5 Å². The molecule has 19 heteroatoms. The van der Waals surface area contributed by atoms with Crippen LogP contribution in [-0.2, 0) is 33.6 Å². The molecule has 0 saturated heterocycles. The summed E-state index contributed by atoms with van der Waals surface area (Å²) < 4.78 is 0. The van der Waals surface area contributed by atoms with Crippen molar-refractivity contribution in [2.24, 2.45) is 39.9 Å². The molecule has 14 N–H and O–H groups in total. The number of aliphatic carboxylic acids is 1. The summed E-state index contributed by atoms with van der Waals surface area (Å²) in [6, 6.07) is -6.91. The van der Waals surface area contributed by atoms with Crippen LogP contribution in [0, 0.1) is 17.8 Å². The molecule has 0 aliphatic carbocycles. The molecule has 0 saturated carbocycles. The van der Waals surface area contributed by atoms with E-state index in [1.165, 1.54) is 6.92 Å². The summed E-state index contributed by atoms with van der Waals surface area (Å²) in [4.78, 5) is 92.2. The molecule has 0 aromatic carbocycles. The van der Waals surface area contributed by atoms with E-state index < -0.39 is 103 Å². The third-order valence-electron chi connectivity index (χ3n) is 7.12. The minimum atomic E-state index is -1.27. The van der Waals surface area contributed by atoms with Gasteiger partial charge in [0.2, 0.25) is 35.4 Å². The van der Waals surface area contributed by atoms with Gasteiger partial charge in [0.05, 0.1) is 13.2 Å². The van der Waals surface area contributed by atoms with Gasteiger partial charge in [-0.3, -0.25) is 33.8 Å². The molecule has 0 radical (unpaired) electrons. The molecule has 0 rings (SSSR count). The number of hydrogen-bond donors (Lipinski definition) is 11. The van der Waals surface area contributed by atoms with Crippen LogP contribution in [0.3, 0.4) is 0 Å². The molecule has 0 spiro atoms. The quantitative estimate of drug-likeness (QED) is 0.0296. The van der Waals surface area contributed by atoms with Crippen molar-refractivity contribution >= 4 is 47.4 Å². The van der Waals surface area contributed by atoms with Crippen molar-refractivity contribution in [3.05, 3.63) is 0 Å². The number of nitrogens with one attached hydrogen (secondary N) is 6. The van der Waals surface area contributed by atoms with Gasteiger partial charge in [-0.15, -0.1) is 0 Å². The van der Waals surface area contributed by atoms with Crippen molar-refractivity contribution < 1.29 is 43.8 Å². The van der Waals surface area contributed by atoms with Gasteiger partial charge >= 0.3 is 5.97 Å². The molecule has 0 unspecified atom stereocenters. The van der Waals surface area contributed by atoms with Crippen LogP contribution in [0.25, 0.3) is 0 Å². The number of nitrogens with two attached hydrogens (primary N) is 3. The van der Waals surface area contributed by atoms with E-state index in [-0.39, 0.29) is 37.7 Å². The Kier molecular flexibility index (Phi) is 20.1. The molecule has 0 aliphatic rings. The van der Waals surface area contributed by atoms with Crippen molar-refractivity contribution in [3.8, 4) is 0 Å². The molecule has 19 nitrogen and oxygen atoms in total. The minimum absolute atomic E-state index is 0.0371. The summed E-state index contributed by atoms with van der Waals surface area (Å²) in [7, 11) is 0. The van der Waals surface area contributed by atoms with Crippen molar-refractivity contribution in [1.29, 1.82) is 0 Å². The highest BCUT2D eigenvalue weighted by molar-refractivity contribution is 5.96. The molecule has 280 valence electrons. The molecule has 6 atom stereocenters. The molecule has 0 heterocycles. The summed E-state index contributed by atoms with van der Waals surface area (Å²) in [5.74, 6) is -6.61. The average molecular weight is 701 g/mol. The number of carboxylic acids is 1. The summed E-state index contributed by atoms with van der Waals surface area (Å²) >= 11 is 0. The second-order valence-electron chi connectivity index (χ2n) is 12.8. The molecule has 6 amide bonds. The Balaban J connectivity index is 5.32. The second kappa shape index (κ2) is 22.2. The first-order valence-electron chi connectivity index (χ1n) is 16.1. The van der Waals surface area contributed by atoms with Crippen molar-refractivity contribution in [2.75, 3.05) is 19.7 Å². The maximum absolute atomic E-state index is 13.1.